The van der Waals surface area contributed by atoms with Gasteiger partial charge in [0.2, 0.25) is 0 Å². The number of aromatic nitrogens is 2. The molecule has 6 nitrogen and oxygen atoms in total. The molecule has 0 aliphatic heterocycles. The molecule has 0 atom stereocenters. The molecule has 1 aromatic carbocycles. The predicted octanol–water partition coefficient (Wildman–Crippen LogP) is 2.43. The lowest BCUT2D eigenvalue weighted by Gasteiger charge is -2.11. The molecule has 2 rings (SSSR count). The number of carboxylic acids is 1. The molecule has 1 aromatic heterocycles. The van der Waals surface area contributed by atoms with Gasteiger partial charge in [0.05, 0.1) is 11.3 Å². The average molecular weight is 298 g/mol. The predicted molar refractivity (Wildman–Crippen MR) is 76.4 cm³/mol. The minimum Gasteiger partial charge on any atom is -0.478 e. The molecule has 104 valence electrons. The van der Waals surface area contributed by atoms with E-state index < -0.39 is 5.97 Å². The van der Waals surface area contributed by atoms with E-state index in [4.69, 9.17) is 10.5 Å². The fourth-order valence-corrected chi connectivity index (χ4v) is 2.75. The van der Waals surface area contributed by atoms with Crippen LogP contribution < -0.4 is 0 Å². The lowest BCUT2D eigenvalue weighted by molar-refractivity contribution is 0.0693. The summed E-state index contributed by atoms with van der Waals surface area (Å²) in [6.45, 7) is 1.93. The number of carbonyl (C=O) groups is 1. The zero-order valence-electron chi connectivity index (χ0n) is 11.1. The summed E-state index contributed by atoms with van der Waals surface area (Å²) in [6.07, 6.45) is 1.29. The first-order valence-corrected chi connectivity index (χ1v) is 6.99. The maximum atomic E-state index is 11.6. The topological polar surface area (TPSA) is 103 Å². The number of rotatable bonds is 4. The van der Waals surface area contributed by atoms with Crippen LogP contribution in [-0.4, -0.2) is 26.4 Å². The van der Waals surface area contributed by atoms with Crippen LogP contribution in [0.3, 0.4) is 0 Å². The second kappa shape index (κ2) is 6.12. The van der Waals surface area contributed by atoms with Crippen molar-refractivity contribution in [3.63, 3.8) is 0 Å². The van der Waals surface area contributed by atoms with Crippen molar-refractivity contribution in [1.29, 1.82) is 10.5 Å². The van der Waals surface area contributed by atoms with Gasteiger partial charge in [-0.25, -0.2) is 9.78 Å². The Balaban J connectivity index is 2.74. The van der Waals surface area contributed by atoms with Crippen LogP contribution in [0.4, 0.5) is 0 Å². The first-order valence-electron chi connectivity index (χ1n) is 6.01. The molecule has 0 aliphatic rings. The Labute approximate surface area is 125 Å². The minimum absolute atomic E-state index is 0.0256. The Kier molecular flexibility index (Phi) is 4.27. The van der Waals surface area contributed by atoms with Crippen molar-refractivity contribution < 1.29 is 9.90 Å². The van der Waals surface area contributed by atoms with Crippen molar-refractivity contribution in [1.82, 2.24) is 9.55 Å². The summed E-state index contributed by atoms with van der Waals surface area (Å²) in [6, 6.07) is 8.73. The standard InChI is InChI=1S/C14H10N4O2S/c1-2-21-12-5-3-4-10(13(12)14(19)20)18-8-17-9(6-15)11(18)7-16/h3-5,8H,2H2,1H3,(H,19,20). The molecule has 0 fully saturated rings. The van der Waals surface area contributed by atoms with E-state index in [2.05, 4.69) is 4.98 Å². The summed E-state index contributed by atoms with van der Waals surface area (Å²) in [7, 11) is 0. The van der Waals surface area contributed by atoms with Gasteiger partial charge in [-0.15, -0.1) is 11.8 Å². The Bertz CT molecular complexity index is 783. The number of nitrogens with zero attached hydrogens (tertiary/aromatic N) is 4. The lowest BCUT2D eigenvalue weighted by atomic mass is 10.1. The Morgan fingerprint density at radius 3 is 2.76 bits per heavy atom. The lowest BCUT2D eigenvalue weighted by Crippen LogP contribution is -2.08. The van der Waals surface area contributed by atoms with Crippen LogP contribution in [0, 0.1) is 22.7 Å². The Hall–Kier alpha value is -2.77. The van der Waals surface area contributed by atoms with Crippen LogP contribution >= 0.6 is 11.8 Å². The van der Waals surface area contributed by atoms with Gasteiger partial charge in [0.25, 0.3) is 0 Å². The monoisotopic (exact) mass is 298 g/mol. The van der Waals surface area contributed by atoms with Gasteiger partial charge in [0.15, 0.2) is 11.4 Å². The third-order valence-corrected chi connectivity index (χ3v) is 3.70. The molecule has 0 saturated heterocycles. The van der Waals surface area contributed by atoms with E-state index in [9.17, 15) is 9.90 Å². The molecule has 0 amide bonds. The van der Waals surface area contributed by atoms with Crippen molar-refractivity contribution in [3.05, 3.63) is 41.5 Å². The summed E-state index contributed by atoms with van der Waals surface area (Å²) in [5, 5.41) is 27.6. The maximum Gasteiger partial charge on any atom is 0.338 e. The zero-order chi connectivity index (χ0) is 15.4. The highest BCUT2D eigenvalue weighted by molar-refractivity contribution is 7.99. The smallest absolute Gasteiger partial charge is 0.338 e. The van der Waals surface area contributed by atoms with Gasteiger partial charge < -0.3 is 5.11 Å². The van der Waals surface area contributed by atoms with E-state index in [0.29, 0.717) is 10.6 Å². The fourth-order valence-electron chi connectivity index (χ4n) is 1.93. The highest BCUT2D eigenvalue weighted by atomic mass is 32.2. The second-order valence-corrected chi connectivity index (χ2v) is 5.23. The molecule has 0 spiro atoms. The third-order valence-electron chi connectivity index (χ3n) is 2.76. The van der Waals surface area contributed by atoms with Crippen molar-refractivity contribution in [2.75, 3.05) is 5.75 Å². The molecule has 0 bridgehead atoms. The van der Waals surface area contributed by atoms with Crippen molar-refractivity contribution in [2.24, 2.45) is 0 Å². The number of benzene rings is 1. The summed E-state index contributed by atoms with van der Waals surface area (Å²) in [5.41, 5.74) is 0.426. The number of hydrogen-bond donors (Lipinski definition) is 1. The van der Waals surface area contributed by atoms with Crippen molar-refractivity contribution >= 4 is 17.7 Å². The van der Waals surface area contributed by atoms with Gasteiger partial charge in [0, 0.05) is 4.90 Å². The molecule has 2 aromatic rings. The molecule has 1 N–H and O–H groups in total. The van der Waals surface area contributed by atoms with Gasteiger partial charge in [-0.2, -0.15) is 10.5 Å². The van der Waals surface area contributed by atoms with E-state index >= 15 is 0 Å². The van der Waals surface area contributed by atoms with Crippen LogP contribution in [0.2, 0.25) is 0 Å². The van der Waals surface area contributed by atoms with Gasteiger partial charge in [-0.1, -0.05) is 13.0 Å². The van der Waals surface area contributed by atoms with Gasteiger partial charge in [-0.05, 0) is 17.9 Å². The summed E-state index contributed by atoms with van der Waals surface area (Å²) >= 11 is 1.40. The normalized spacial score (nSPS) is 9.86. The largest absolute Gasteiger partial charge is 0.478 e. The van der Waals surface area contributed by atoms with E-state index in [1.165, 1.54) is 22.7 Å². The fraction of sp³-hybridized carbons (Fsp3) is 0.143. The van der Waals surface area contributed by atoms with Gasteiger partial charge in [0.1, 0.15) is 18.5 Å². The third kappa shape index (κ3) is 2.60. The molecular formula is C14H10N4O2S. The SMILES string of the molecule is CCSc1cccc(-n2cnc(C#N)c2C#N)c1C(=O)O. The quantitative estimate of drug-likeness (QED) is 0.869. The molecule has 0 unspecified atom stereocenters. The average Bonchev–Trinajstić information content (AvgIpc) is 2.89. The van der Waals surface area contributed by atoms with Crippen molar-refractivity contribution in [3.8, 4) is 17.8 Å². The number of imidazole rings is 1. The summed E-state index contributed by atoms with van der Waals surface area (Å²) in [4.78, 5) is 16.0. The molecule has 7 heteroatoms. The molecule has 0 saturated carbocycles. The number of hydrogen-bond acceptors (Lipinski definition) is 5. The molecule has 21 heavy (non-hydrogen) atoms. The van der Waals surface area contributed by atoms with Gasteiger partial charge in [-0.3, -0.25) is 4.57 Å². The van der Waals surface area contributed by atoms with E-state index in [0.717, 1.165) is 5.75 Å². The minimum atomic E-state index is -1.09. The highest BCUT2D eigenvalue weighted by Gasteiger charge is 2.20. The van der Waals surface area contributed by atoms with E-state index in [1.54, 1.807) is 18.2 Å². The molecule has 0 aliphatic carbocycles. The van der Waals surface area contributed by atoms with Crippen LogP contribution in [0.5, 0.6) is 0 Å². The zero-order valence-corrected chi connectivity index (χ0v) is 11.9. The van der Waals surface area contributed by atoms with Crippen LogP contribution in [0.15, 0.2) is 29.4 Å². The molecule has 0 radical (unpaired) electrons. The second-order valence-electron chi connectivity index (χ2n) is 3.92. The first-order chi connectivity index (χ1) is 10.1. The summed E-state index contributed by atoms with van der Waals surface area (Å²) in [5.74, 6) is -0.361. The Morgan fingerprint density at radius 1 is 1.43 bits per heavy atom. The molecular weight excluding hydrogens is 288 g/mol. The Morgan fingerprint density at radius 2 is 2.19 bits per heavy atom. The van der Waals surface area contributed by atoms with Crippen molar-refractivity contribution in [2.45, 2.75) is 11.8 Å². The van der Waals surface area contributed by atoms with E-state index in [-0.39, 0.29) is 17.0 Å². The number of carboxylic acid groups (broad SMARTS) is 1. The first kappa shape index (κ1) is 14.6. The maximum absolute atomic E-state index is 11.6. The van der Waals surface area contributed by atoms with E-state index in [1.807, 2.05) is 19.1 Å². The summed E-state index contributed by atoms with van der Waals surface area (Å²) < 4.78 is 1.34. The number of aromatic carboxylic acids is 1. The number of nitriles is 2. The van der Waals surface area contributed by atoms with Crippen LogP contribution in [0.25, 0.3) is 5.69 Å². The van der Waals surface area contributed by atoms with Crippen LogP contribution in [0.1, 0.15) is 28.7 Å². The highest BCUT2D eigenvalue weighted by Crippen LogP contribution is 2.28. The molecule has 1 heterocycles. The van der Waals surface area contributed by atoms with Crippen LogP contribution in [-0.2, 0) is 0 Å². The number of thioether (sulfide) groups is 1. The van der Waals surface area contributed by atoms with Gasteiger partial charge >= 0.3 is 5.97 Å².